The van der Waals surface area contributed by atoms with Crippen molar-refractivity contribution in [3.8, 4) is 0 Å². The molecule has 1 aromatic carbocycles. The van der Waals surface area contributed by atoms with Gasteiger partial charge in [0.1, 0.15) is 0 Å². The van der Waals surface area contributed by atoms with E-state index in [4.69, 9.17) is 5.11 Å². The van der Waals surface area contributed by atoms with Gasteiger partial charge in [-0.3, -0.25) is 9.59 Å². The number of benzene rings is 1. The summed E-state index contributed by atoms with van der Waals surface area (Å²) in [5, 5.41) is 13.7. The fourth-order valence-corrected chi connectivity index (χ4v) is 1.80. The Morgan fingerprint density at radius 2 is 1.82 bits per heavy atom. The second-order valence-electron chi connectivity index (χ2n) is 4.75. The Balaban J connectivity index is 2.48. The van der Waals surface area contributed by atoms with Gasteiger partial charge in [-0.15, -0.1) is 0 Å². The third kappa shape index (κ3) is 5.30. The van der Waals surface area contributed by atoms with E-state index in [9.17, 15) is 22.8 Å². The maximum atomic E-state index is 12.4. The minimum absolute atomic E-state index is 0.462. The second-order valence-corrected chi connectivity index (χ2v) is 5.61. The van der Waals surface area contributed by atoms with Crippen molar-refractivity contribution in [2.75, 3.05) is 11.9 Å². The van der Waals surface area contributed by atoms with Gasteiger partial charge in [0, 0.05) is 4.47 Å². The third-order valence-corrected chi connectivity index (χ3v) is 3.40. The van der Waals surface area contributed by atoms with Crippen molar-refractivity contribution in [3.05, 3.63) is 28.7 Å². The monoisotopic (exact) mass is 382 g/mol. The molecule has 0 radical (unpaired) electrons. The lowest BCUT2D eigenvalue weighted by molar-refractivity contribution is -0.253. The van der Waals surface area contributed by atoms with E-state index in [0.717, 1.165) is 0 Å². The predicted octanol–water partition coefficient (Wildman–Crippen LogP) is 2.21. The molecule has 9 heteroatoms. The topological polar surface area (TPSA) is 78.4 Å². The molecule has 22 heavy (non-hydrogen) atoms. The molecule has 0 spiro atoms. The molecule has 0 fully saturated rings. The number of halogens is 4. The van der Waals surface area contributed by atoms with E-state index < -0.39 is 36.6 Å². The van der Waals surface area contributed by atoms with Gasteiger partial charge in [-0.05, 0) is 35.0 Å². The number of nitrogens with one attached hydrogen (secondary N) is 2. The van der Waals surface area contributed by atoms with Crippen molar-refractivity contribution < 1.29 is 27.9 Å². The van der Waals surface area contributed by atoms with E-state index in [1.165, 1.54) is 0 Å². The number of para-hydroxylation sites is 1. The van der Waals surface area contributed by atoms with Crippen LogP contribution in [0.2, 0.25) is 0 Å². The molecule has 3 N–H and O–H groups in total. The fourth-order valence-electron chi connectivity index (χ4n) is 1.41. The number of rotatable bonds is 5. The van der Waals surface area contributed by atoms with E-state index in [0.29, 0.717) is 17.1 Å². The van der Waals surface area contributed by atoms with E-state index in [-0.39, 0.29) is 0 Å². The molecular formula is C13H14BrF3N2O3. The summed E-state index contributed by atoms with van der Waals surface area (Å²) in [4.78, 5) is 23.0. The molecular weight excluding hydrogens is 369 g/mol. The number of hydrogen-bond donors (Lipinski definition) is 3. The van der Waals surface area contributed by atoms with Crippen LogP contribution in [0, 0.1) is 0 Å². The van der Waals surface area contributed by atoms with Crippen LogP contribution in [0.4, 0.5) is 18.9 Å². The van der Waals surface area contributed by atoms with Crippen molar-refractivity contribution in [3.63, 3.8) is 0 Å². The average molecular weight is 383 g/mol. The quantitative estimate of drug-likeness (QED) is 0.730. The van der Waals surface area contributed by atoms with Gasteiger partial charge >= 0.3 is 6.18 Å². The summed E-state index contributed by atoms with van der Waals surface area (Å²) in [6.45, 7) is -0.0121. The van der Waals surface area contributed by atoms with E-state index in [1.807, 2.05) is 5.32 Å². The maximum Gasteiger partial charge on any atom is 0.417 e. The fraction of sp³-hybridized carbons (Fsp3) is 0.385. The van der Waals surface area contributed by atoms with Gasteiger partial charge < -0.3 is 15.7 Å². The van der Waals surface area contributed by atoms with Gasteiger partial charge in [-0.2, -0.15) is 13.2 Å². The van der Waals surface area contributed by atoms with Gasteiger partial charge in [0.2, 0.25) is 11.8 Å². The molecule has 0 saturated carbocycles. The van der Waals surface area contributed by atoms with Crippen LogP contribution < -0.4 is 10.6 Å². The van der Waals surface area contributed by atoms with Crippen molar-refractivity contribution in [1.29, 1.82) is 0 Å². The molecule has 0 aromatic heterocycles. The Bertz CT molecular complexity index is 562. The number of aliphatic hydroxyl groups is 1. The Labute approximate surface area is 133 Å². The first-order chi connectivity index (χ1) is 10.0. The first-order valence-corrected chi connectivity index (χ1v) is 6.92. The van der Waals surface area contributed by atoms with Gasteiger partial charge in [0.05, 0.1) is 18.7 Å². The van der Waals surface area contributed by atoms with Crippen LogP contribution in [0.25, 0.3) is 0 Å². The zero-order valence-corrected chi connectivity index (χ0v) is 13.1. The molecule has 1 rings (SSSR count). The number of carbonyl (C=O) groups is 2. The summed E-state index contributed by atoms with van der Waals surface area (Å²) >= 11 is 3.21. The van der Waals surface area contributed by atoms with Crippen LogP contribution in [0.5, 0.6) is 0 Å². The highest BCUT2D eigenvalue weighted by molar-refractivity contribution is 9.10. The Morgan fingerprint density at radius 3 is 2.36 bits per heavy atom. The van der Waals surface area contributed by atoms with Crippen LogP contribution in [-0.2, 0) is 9.59 Å². The van der Waals surface area contributed by atoms with Crippen molar-refractivity contribution >= 4 is 33.4 Å². The zero-order valence-electron chi connectivity index (χ0n) is 11.5. The molecule has 0 saturated heterocycles. The molecule has 1 aromatic rings. The molecule has 0 unspecified atom stereocenters. The number of amides is 2. The molecule has 1 atom stereocenters. The Hall–Kier alpha value is -1.61. The number of alkyl halides is 3. The third-order valence-electron chi connectivity index (χ3n) is 2.71. The summed E-state index contributed by atoms with van der Waals surface area (Å²) < 4.78 is 37.9. The van der Waals surface area contributed by atoms with Crippen molar-refractivity contribution in [2.24, 2.45) is 0 Å². The summed E-state index contributed by atoms with van der Waals surface area (Å²) in [5.74, 6) is -1.68. The summed E-state index contributed by atoms with van der Waals surface area (Å²) in [6.07, 6.45) is -6.11. The van der Waals surface area contributed by atoms with Gasteiger partial charge in [-0.25, -0.2) is 0 Å². The van der Waals surface area contributed by atoms with Crippen LogP contribution in [0.15, 0.2) is 28.7 Å². The molecule has 0 bridgehead atoms. The van der Waals surface area contributed by atoms with E-state index >= 15 is 0 Å². The Morgan fingerprint density at radius 1 is 1.23 bits per heavy atom. The predicted molar refractivity (Wildman–Crippen MR) is 77.1 cm³/mol. The second kappa shape index (κ2) is 7.10. The maximum absolute atomic E-state index is 12.4. The summed E-state index contributed by atoms with van der Waals surface area (Å²) in [5.41, 5.74) is -2.68. The lowest BCUT2D eigenvalue weighted by Crippen LogP contribution is -2.47. The smallest absolute Gasteiger partial charge is 0.380 e. The van der Waals surface area contributed by atoms with E-state index in [1.54, 1.807) is 24.3 Å². The minimum atomic E-state index is -4.93. The SMILES string of the molecule is C[C@](O)(CC(=O)NCC(=O)Nc1ccccc1Br)C(F)(F)F. The largest absolute Gasteiger partial charge is 0.417 e. The van der Waals surface area contributed by atoms with Crippen molar-refractivity contribution in [1.82, 2.24) is 5.32 Å². The highest BCUT2D eigenvalue weighted by atomic mass is 79.9. The van der Waals surface area contributed by atoms with Crippen LogP contribution in [-0.4, -0.2) is 35.2 Å². The Kier molecular flexibility index (Phi) is 5.95. The van der Waals surface area contributed by atoms with Crippen LogP contribution in [0.1, 0.15) is 13.3 Å². The minimum Gasteiger partial charge on any atom is -0.380 e. The average Bonchev–Trinajstić information content (AvgIpc) is 2.37. The summed E-state index contributed by atoms with van der Waals surface area (Å²) in [7, 11) is 0. The van der Waals surface area contributed by atoms with Crippen LogP contribution >= 0.6 is 15.9 Å². The molecule has 0 aliphatic rings. The molecule has 5 nitrogen and oxygen atoms in total. The zero-order chi connectivity index (χ0) is 17.0. The molecule has 122 valence electrons. The van der Waals surface area contributed by atoms with Gasteiger partial charge in [0.25, 0.3) is 0 Å². The number of anilines is 1. The van der Waals surface area contributed by atoms with Gasteiger partial charge in [-0.1, -0.05) is 12.1 Å². The lowest BCUT2D eigenvalue weighted by Gasteiger charge is -2.25. The molecule has 0 aliphatic heterocycles. The molecule has 0 heterocycles. The summed E-state index contributed by atoms with van der Waals surface area (Å²) in [6, 6.07) is 6.72. The lowest BCUT2D eigenvalue weighted by atomic mass is 10.0. The number of hydrogen-bond acceptors (Lipinski definition) is 3. The standard InChI is InChI=1S/C13H14BrF3N2O3/c1-12(22,13(15,16)17)6-10(20)18-7-11(21)19-9-5-3-2-4-8(9)14/h2-5,22H,6-7H2,1H3,(H,18,20)(H,19,21)/t12-/m0/s1. The molecule has 0 aliphatic carbocycles. The normalized spacial score (nSPS) is 14.1. The first kappa shape index (κ1) is 18.4. The highest BCUT2D eigenvalue weighted by Crippen LogP contribution is 2.32. The highest BCUT2D eigenvalue weighted by Gasteiger charge is 2.50. The first-order valence-electron chi connectivity index (χ1n) is 6.13. The van der Waals surface area contributed by atoms with Crippen molar-refractivity contribution in [2.45, 2.75) is 25.1 Å². The number of carbonyl (C=O) groups excluding carboxylic acids is 2. The van der Waals surface area contributed by atoms with Gasteiger partial charge in [0.15, 0.2) is 5.60 Å². The molecule has 2 amide bonds. The van der Waals surface area contributed by atoms with Crippen LogP contribution in [0.3, 0.4) is 0 Å². The van der Waals surface area contributed by atoms with E-state index in [2.05, 4.69) is 21.2 Å².